The van der Waals surface area contributed by atoms with Gasteiger partial charge in [-0.3, -0.25) is 0 Å². The van der Waals surface area contributed by atoms with E-state index in [2.05, 4.69) is 24.3 Å². The molecule has 198 valence electrons. The highest BCUT2D eigenvalue weighted by Gasteiger charge is 2.85. The Morgan fingerprint density at radius 3 is 1.30 bits per heavy atom. The Bertz CT molecular complexity index is 1250. The molecule has 1 aromatic rings. The van der Waals surface area contributed by atoms with Gasteiger partial charge in [-0.15, -0.1) is 0 Å². The third-order valence-electron chi connectivity index (χ3n) is 8.65. The van der Waals surface area contributed by atoms with E-state index in [4.69, 9.17) is 0 Å². The molecule has 0 saturated heterocycles. The topological polar surface area (TPSA) is 0 Å². The van der Waals surface area contributed by atoms with Crippen molar-refractivity contribution in [1.82, 2.24) is 0 Å². The van der Waals surface area contributed by atoms with E-state index in [1.54, 1.807) is 37.4 Å². The van der Waals surface area contributed by atoms with Crippen molar-refractivity contribution >= 4 is 47.0 Å². The lowest BCUT2D eigenvalue weighted by molar-refractivity contribution is -0.258. The smallest absolute Gasteiger partial charge is 0.194 e. The minimum atomic E-state index is -5.50. The lowest BCUT2D eigenvalue weighted by Crippen LogP contribution is -2.47. The van der Waals surface area contributed by atoms with Gasteiger partial charge in [-0.1, -0.05) is 47.8 Å². The summed E-state index contributed by atoms with van der Waals surface area (Å²) in [6.07, 6.45) is 0. The maximum absolute atomic E-state index is 15.4. The van der Waals surface area contributed by atoms with Crippen LogP contribution in [0.5, 0.6) is 0 Å². The SMILES string of the molecule is CC1=C2CSCc3ccc(cc3)CSCC3=C(C)SC4=C5C(=C(S1)[C@]2(C)[C@]34C)C(F)(F)C(F)(F)C5(F)F. The summed E-state index contributed by atoms with van der Waals surface area (Å²) in [5, 5.41) is 0. The van der Waals surface area contributed by atoms with Crippen molar-refractivity contribution in [2.75, 3.05) is 11.5 Å². The number of thioether (sulfide) groups is 4. The number of benzene rings is 1. The molecule has 4 heterocycles. The van der Waals surface area contributed by atoms with Crippen LogP contribution in [0.15, 0.2) is 66.2 Å². The molecule has 10 heteroatoms. The van der Waals surface area contributed by atoms with E-state index in [-0.39, 0.29) is 9.81 Å². The number of rotatable bonds is 0. The zero-order valence-corrected chi connectivity index (χ0v) is 23.8. The van der Waals surface area contributed by atoms with Gasteiger partial charge in [0.05, 0.1) is 0 Å². The summed E-state index contributed by atoms with van der Waals surface area (Å²) in [7, 11) is 0. The Balaban J connectivity index is 1.64. The first-order valence-electron chi connectivity index (χ1n) is 11.8. The zero-order chi connectivity index (χ0) is 26.8. The minimum Gasteiger partial charge on any atom is -0.194 e. The van der Waals surface area contributed by atoms with Crippen molar-refractivity contribution in [3.8, 4) is 0 Å². The van der Waals surface area contributed by atoms with Crippen molar-refractivity contribution in [2.45, 2.75) is 57.0 Å². The van der Waals surface area contributed by atoms with Gasteiger partial charge in [-0.05, 0) is 59.8 Å². The standard InChI is InChI=1S/C27H24F6S4/c1-13-17-11-34-9-15-5-7-16(8-6-15)10-35-12-18-14(2)37-22-20-19(21(36-13)23(17,3)24(18,22)4)25(28,29)27(32,33)26(20,30)31/h5-8H,9-12H2,1-4H3/t23-,24-/m1/s1. The molecule has 1 saturated carbocycles. The third kappa shape index (κ3) is 3.07. The van der Waals surface area contributed by atoms with Crippen LogP contribution in [0.1, 0.15) is 38.8 Å². The van der Waals surface area contributed by atoms with Crippen LogP contribution >= 0.6 is 47.0 Å². The third-order valence-corrected chi connectivity index (χ3v) is 13.4. The minimum absolute atomic E-state index is 0.0306. The molecule has 0 radical (unpaired) electrons. The highest BCUT2D eigenvalue weighted by atomic mass is 32.2. The predicted octanol–water partition coefficient (Wildman–Crippen LogP) is 9.66. The Labute approximate surface area is 229 Å². The fourth-order valence-corrected chi connectivity index (χ4v) is 12.2. The molecule has 1 fully saturated rings. The summed E-state index contributed by atoms with van der Waals surface area (Å²) in [4.78, 5) is 1.41. The molecule has 4 aliphatic heterocycles. The lowest BCUT2D eigenvalue weighted by atomic mass is 9.55. The highest BCUT2D eigenvalue weighted by Crippen LogP contribution is 2.80. The summed E-state index contributed by atoms with van der Waals surface area (Å²) in [6.45, 7) is 7.24. The lowest BCUT2D eigenvalue weighted by Gasteiger charge is -2.50. The molecule has 0 aromatic heterocycles. The van der Waals surface area contributed by atoms with Gasteiger partial charge in [-0.2, -0.15) is 49.9 Å². The zero-order valence-electron chi connectivity index (χ0n) is 20.5. The Hall–Kier alpha value is -0.840. The van der Waals surface area contributed by atoms with Crippen LogP contribution in [0, 0.1) is 10.8 Å². The van der Waals surface area contributed by atoms with Gasteiger partial charge < -0.3 is 0 Å². The van der Waals surface area contributed by atoms with Crippen molar-refractivity contribution in [1.29, 1.82) is 0 Å². The molecule has 0 nitrogen and oxygen atoms in total. The molecule has 0 unspecified atom stereocenters. The Morgan fingerprint density at radius 1 is 0.595 bits per heavy atom. The van der Waals surface area contributed by atoms with Crippen molar-refractivity contribution in [2.24, 2.45) is 10.8 Å². The van der Waals surface area contributed by atoms with Gasteiger partial charge in [0.2, 0.25) is 0 Å². The number of hydrogen-bond donors (Lipinski definition) is 0. The first kappa shape index (κ1) is 26.4. The van der Waals surface area contributed by atoms with Crippen molar-refractivity contribution in [3.05, 3.63) is 77.3 Å². The van der Waals surface area contributed by atoms with Gasteiger partial charge in [-0.25, -0.2) is 0 Å². The first-order chi connectivity index (χ1) is 17.2. The molecule has 0 N–H and O–H groups in total. The Kier molecular flexibility index (Phi) is 5.78. The van der Waals surface area contributed by atoms with Crippen molar-refractivity contribution < 1.29 is 26.3 Å². The maximum atomic E-state index is 15.4. The van der Waals surface area contributed by atoms with Crippen LogP contribution < -0.4 is 0 Å². The molecular formula is C27H24F6S4. The second-order valence-electron chi connectivity index (χ2n) is 10.5. The number of fused-ring (bicyclic) bond motifs is 7. The van der Waals surface area contributed by atoms with Crippen LogP contribution in [0.25, 0.3) is 0 Å². The van der Waals surface area contributed by atoms with Gasteiger partial charge in [0, 0.05) is 54.8 Å². The normalized spacial score (nSPS) is 33.8. The van der Waals surface area contributed by atoms with Gasteiger partial charge in [0.1, 0.15) is 0 Å². The Morgan fingerprint density at radius 2 is 0.946 bits per heavy atom. The van der Waals surface area contributed by atoms with E-state index in [0.29, 0.717) is 23.0 Å². The molecule has 2 bridgehead atoms. The van der Waals surface area contributed by atoms with Gasteiger partial charge >= 0.3 is 17.8 Å². The second-order valence-corrected chi connectivity index (χ2v) is 14.9. The van der Waals surface area contributed by atoms with E-state index in [1.165, 1.54) is 0 Å². The number of halogens is 6. The quantitative estimate of drug-likeness (QED) is 0.276. The number of allylic oxidation sites excluding steroid dienone is 6. The van der Waals surface area contributed by atoms with Crippen LogP contribution in [0.4, 0.5) is 26.3 Å². The molecule has 6 aliphatic rings. The van der Waals surface area contributed by atoms with E-state index in [1.807, 2.05) is 13.8 Å². The molecule has 37 heavy (non-hydrogen) atoms. The summed E-state index contributed by atoms with van der Waals surface area (Å²) >= 11 is 5.24. The molecule has 0 spiro atoms. The summed E-state index contributed by atoms with van der Waals surface area (Å²) < 4.78 is 91.6. The molecule has 7 rings (SSSR count). The van der Waals surface area contributed by atoms with Crippen LogP contribution in [0.2, 0.25) is 0 Å². The van der Waals surface area contributed by atoms with E-state index in [9.17, 15) is 8.78 Å². The highest BCUT2D eigenvalue weighted by molar-refractivity contribution is 8.08. The molecule has 2 aliphatic carbocycles. The van der Waals surface area contributed by atoms with Gasteiger partial charge in [0.15, 0.2) is 0 Å². The summed E-state index contributed by atoms with van der Waals surface area (Å²) in [5.41, 5.74) is -0.549. The largest absolute Gasteiger partial charge is 0.380 e. The number of alkyl halides is 6. The number of hydrogen-bond acceptors (Lipinski definition) is 4. The van der Waals surface area contributed by atoms with Gasteiger partial charge in [0.25, 0.3) is 0 Å². The van der Waals surface area contributed by atoms with Crippen LogP contribution in [-0.2, 0) is 11.5 Å². The molecule has 0 amide bonds. The molecular weight excluding hydrogens is 567 g/mol. The summed E-state index contributed by atoms with van der Waals surface area (Å²) in [6, 6.07) is 8.35. The first-order valence-corrected chi connectivity index (χ1v) is 15.8. The van der Waals surface area contributed by atoms with Crippen molar-refractivity contribution in [3.63, 3.8) is 0 Å². The second kappa shape index (κ2) is 8.10. The van der Waals surface area contributed by atoms with E-state index in [0.717, 1.165) is 55.6 Å². The van der Waals surface area contributed by atoms with Crippen LogP contribution in [-0.4, -0.2) is 29.3 Å². The van der Waals surface area contributed by atoms with E-state index >= 15 is 17.6 Å². The fraction of sp³-hybridized carbons (Fsp3) is 0.481. The van der Waals surface area contributed by atoms with Crippen LogP contribution in [0.3, 0.4) is 0 Å². The fourth-order valence-electron chi connectivity index (χ4n) is 6.37. The maximum Gasteiger partial charge on any atom is 0.380 e. The molecule has 2 atom stereocenters. The average Bonchev–Trinajstić information content (AvgIpc) is 3.27. The summed E-state index contributed by atoms with van der Waals surface area (Å²) in [5.74, 6) is -13.1. The van der Waals surface area contributed by atoms with E-state index < -0.39 is 39.7 Å². The monoisotopic (exact) mass is 590 g/mol. The molecule has 1 aromatic carbocycles. The predicted molar refractivity (Wildman–Crippen MR) is 144 cm³/mol. The average molecular weight is 591 g/mol.